The van der Waals surface area contributed by atoms with E-state index in [1.165, 1.54) is 0 Å². The lowest BCUT2D eigenvalue weighted by molar-refractivity contribution is 0.214. The average molecular weight is 308 g/mol. The van der Waals surface area contributed by atoms with Crippen LogP contribution in [0.4, 0.5) is 0 Å². The normalized spacial score (nSPS) is 12.2. The predicted octanol–water partition coefficient (Wildman–Crippen LogP) is 3.24. The van der Waals surface area contributed by atoms with E-state index in [1.54, 1.807) is 19.5 Å². The highest BCUT2D eigenvalue weighted by molar-refractivity contribution is 9.10. The number of rotatable bonds is 3. The molecule has 1 atom stereocenters. The fraction of sp³-hybridized carbons (Fsp3) is 0.214. The van der Waals surface area contributed by atoms with Crippen LogP contribution in [0.25, 0.3) is 0 Å². The van der Waals surface area contributed by atoms with Gasteiger partial charge in [-0.2, -0.15) is 0 Å². The van der Waals surface area contributed by atoms with Crippen LogP contribution < -0.4 is 4.74 Å². The Morgan fingerprint density at radius 2 is 2.06 bits per heavy atom. The van der Waals surface area contributed by atoms with Crippen molar-refractivity contribution in [1.82, 2.24) is 4.98 Å². The number of pyridine rings is 1. The van der Waals surface area contributed by atoms with Gasteiger partial charge in [-0.05, 0) is 30.7 Å². The molecule has 0 spiro atoms. The quantitative estimate of drug-likeness (QED) is 0.946. The van der Waals surface area contributed by atoms with Crippen molar-refractivity contribution in [1.29, 1.82) is 0 Å². The number of ether oxygens (including phenoxy) is 1. The minimum Gasteiger partial charge on any atom is -0.496 e. The van der Waals surface area contributed by atoms with E-state index in [1.807, 2.05) is 31.2 Å². The van der Waals surface area contributed by atoms with Gasteiger partial charge in [-0.3, -0.25) is 4.98 Å². The summed E-state index contributed by atoms with van der Waals surface area (Å²) in [6.07, 6.45) is 2.68. The Morgan fingerprint density at radius 1 is 1.28 bits per heavy atom. The number of aliphatic hydroxyl groups excluding tert-OH is 1. The van der Waals surface area contributed by atoms with E-state index in [0.29, 0.717) is 5.75 Å². The maximum absolute atomic E-state index is 10.4. The number of benzene rings is 1. The second-order valence-electron chi connectivity index (χ2n) is 4.08. The Labute approximate surface area is 115 Å². The molecule has 3 nitrogen and oxygen atoms in total. The first-order chi connectivity index (χ1) is 8.61. The number of hydrogen-bond acceptors (Lipinski definition) is 3. The van der Waals surface area contributed by atoms with E-state index in [0.717, 1.165) is 21.2 Å². The Kier molecular flexibility index (Phi) is 3.99. The Balaban J connectivity index is 2.44. The summed E-state index contributed by atoms with van der Waals surface area (Å²) in [6, 6.07) is 7.47. The third-order valence-electron chi connectivity index (χ3n) is 2.70. The summed E-state index contributed by atoms with van der Waals surface area (Å²) in [4.78, 5) is 4.10. The molecular formula is C14H14BrNO2. The molecular weight excluding hydrogens is 294 g/mol. The molecule has 94 valence electrons. The van der Waals surface area contributed by atoms with Gasteiger partial charge in [-0.15, -0.1) is 0 Å². The SMILES string of the molecule is COc1ccc(Br)cc1C(O)c1cncc(C)c1. The summed E-state index contributed by atoms with van der Waals surface area (Å²) < 4.78 is 6.17. The van der Waals surface area contributed by atoms with Crippen molar-refractivity contribution in [2.75, 3.05) is 7.11 Å². The molecule has 2 aromatic rings. The van der Waals surface area contributed by atoms with Crippen molar-refractivity contribution in [3.05, 3.63) is 57.8 Å². The molecule has 4 heteroatoms. The van der Waals surface area contributed by atoms with Crippen LogP contribution in [-0.4, -0.2) is 17.2 Å². The largest absolute Gasteiger partial charge is 0.496 e. The van der Waals surface area contributed by atoms with Gasteiger partial charge in [0.15, 0.2) is 0 Å². The molecule has 1 N–H and O–H groups in total. The lowest BCUT2D eigenvalue weighted by atomic mass is 10.0. The van der Waals surface area contributed by atoms with Crippen molar-refractivity contribution < 1.29 is 9.84 Å². The molecule has 0 amide bonds. The van der Waals surface area contributed by atoms with Gasteiger partial charge in [0, 0.05) is 28.0 Å². The van der Waals surface area contributed by atoms with E-state index in [-0.39, 0.29) is 0 Å². The van der Waals surface area contributed by atoms with Crippen LogP contribution in [-0.2, 0) is 0 Å². The van der Waals surface area contributed by atoms with Crippen molar-refractivity contribution in [3.8, 4) is 5.75 Å². The average Bonchev–Trinajstić information content (AvgIpc) is 2.38. The maximum Gasteiger partial charge on any atom is 0.125 e. The number of nitrogens with zero attached hydrogens (tertiary/aromatic N) is 1. The first kappa shape index (κ1) is 13.1. The molecule has 0 fully saturated rings. The highest BCUT2D eigenvalue weighted by Crippen LogP contribution is 2.32. The zero-order chi connectivity index (χ0) is 13.1. The summed E-state index contributed by atoms with van der Waals surface area (Å²) in [6.45, 7) is 1.95. The van der Waals surface area contributed by atoms with Gasteiger partial charge in [-0.1, -0.05) is 22.0 Å². The first-order valence-corrected chi connectivity index (χ1v) is 6.34. The second kappa shape index (κ2) is 5.50. The lowest BCUT2D eigenvalue weighted by Gasteiger charge is -2.15. The minimum atomic E-state index is -0.746. The minimum absolute atomic E-state index is 0.659. The van der Waals surface area contributed by atoms with Gasteiger partial charge in [0.25, 0.3) is 0 Å². The van der Waals surface area contributed by atoms with Crippen molar-refractivity contribution in [3.63, 3.8) is 0 Å². The molecule has 0 aliphatic carbocycles. The zero-order valence-corrected chi connectivity index (χ0v) is 11.8. The van der Waals surface area contributed by atoms with Crippen LogP contribution in [0.3, 0.4) is 0 Å². The number of aliphatic hydroxyl groups is 1. The van der Waals surface area contributed by atoms with E-state index in [9.17, 15) is 5.11 Å². The maximum atomic E-state index is 10.4. The predicted molar refractivity (Wildman–Crippen MR) is 73.7 cm³/mol. The summed E-state index contributed by atoms with van der Waals surface area (Å²) in [5.74, 6) is 0.659. The topological polar surface area (TPSA) is 42.4 Å². The molecule has 0 aliphatic rings. The fourth-order valence-electron chi connectivity index (χ4n) is 1.83. The lowest BCUT2D eigenvalue weighted by Crippen LogP contribution is -2.03. The van der Waals surface area contributed by atoms with Crippen molar-refractivity contribution in [2.24, 2.45) is 0 Å². The number of aromatic nitrogens is 1. The Morgan fingerprint density at radius 3 is 2.72 bits per heavy atom. The third-order valence-corrected chi connectivity index (χ3v) is 3.19. The van der Waals surface area contributed by atoms with Gasteiger partial charge in [0.2, 0.25) is 0 Å². The zero-order valence-electron chi connectivity index (χ0n) is 10.2. The second-order valence-corrected chi connectivity index (χ2v) is 5.00. The number of hydrogen-bond donors (Lipinski definition) is 1. The summed E-state index contributed by atoms with van der Waals surface area (Å²) in [7, 11) is 1.59. The molecule has 0 aliphatic heterocycles. The monoisotopic (exact) mass is 307 g/mol. The number of aryl methyl sites for hydroxylation is 1. The Bertz CT molecular complexity index is 557. The first-order valence-electron chi connectivity index (χ1n) is 5.55. The number of methoxy groups -OCH3 is 1. The standard InChI is InChI=1S/C14H14BrNO2/c1-9-5-10(8-16-7-9)14(17)12-6-11(15)3-4-13(12)18-2/h3-8,14,17H,1-2H3. The summed E-state index contributed by atoms with van der Waals surface area (Å²) in [5.41, 5.74) is 2.49. The van der Waals surface area contributed by atoms with Gasteiger partial charge < -0.3 is 9.84 Å². The van der Waals surface area contributed by atoms with Crippen molar-refractivity contribution in [2.45, 2.75) is 13.0 Å². The van der Waals surface area contributed by atoms with Crippen molar-refractivity contribution >= 4 is 15.9 Å². The van der Waals surface area contributed by atoms with Gasteiger partial charge >= 0.3 is 0 Å². The molecule has 0 saturated heterocycles. The highest BCUT2D eigenvalue weighted by Gasteiger charge is 2.16. The van der Waals surface area contributed by atoms with E-state index in [4.69, 9.17) is 4.74 Å². The molecule has 1 aromatic carbocycles. The molecule has 0 saturated carbocycles. The van der Waals surface area contributed by atoms with Crippen LogP contribution in [0.15, 0.2) is 41.1 Å². The summed E-state index contributed by atoms with van der Waals surface area (Å²) >= 11 is 3.40. The smallest absolute Gasteiger partial charge is 0.125 e. The summed E-state index contributed by atoms with van der Waals surface area (Å²) in [5, 5.41) is 10.4. The van der Waals surface area contributed by atoms with Crippen LogP contribution in [0.5, 0.6) is 5.75 Å². The van der Waals surface area contributed by atoms with Crippen LogP contribution >= 0.6 is 15.9 Å². The molecule has 18 heavy (non-hydrogen) atoms. The highest BCUT2D eigenvalue weighted by atomic mass is 79.9. The van der Waals surface area contributed by atoms with Crippen LogP contribution in [0, 0.1) is 6.92 Å². The molecule has 1 unspecified atom stereocenters. The molecule has 2 rings (SSSR count). The molecule has 1 aromatic heterocycles. The molecule has 0 radical (unpaired) electrons. The Hall–Kier alpha value is -1.39. The fourth-order valence-corrected chi connectivity index (χ4v) is 2.21. The van der Waals surface area contributed by atoms with E-state index < -0.39 is 6.10 Å². The molecule has 0 bridgehead atoms. The van der Waals surface area contributed by atoms with E-state index in [2.05, 4.69) is 20.9 Å². The van der Waals surface area contributed by atoms with Gasteiger partial charge in [0.05, 0.1) is 7.11 Å². The number of halogens is 1. The van der Waals surface area contributed by atoms with Crippen LogP contribution in [0.1, 0.15) is 22.8 Å². The van der Waals surface area contributed by atoms with Gasteiger partial charge in [0.1, 0.15) is 11.9 Å². The third kappa shape index (κ3) is 2.71. The van der Waals surface area contributed by atoms with Crippen LogP contribution in [0.2, 0.25) is 0 Å². The van der Waals surface area contributed by atoms with Gasteiger partial charge in [-0.25, -0.2) is 0 Å². The molecule has 1 heterocycles. The van der Waals surface area contributed by atoms with E-state index >= 15 is 0 Å².